The van der Waals surface area contributed by atoms with E-state index in [-0.39, 0.29) is 28.5 Å². The molecule has 126 valence electrons. The molecule has 0 fully saturated rings. The minimum atomic E-state index is -0.909. The summed E-state index contributed by atoms with van der Waals surface area (Å²) in [5, 5.41) is 2.35. The summed E-state index contributed by atoms with van der Waals surface area (Å²) in [4.78, 5) is 36.6. The lowest BCUT2D eigenvalue weighted by molar-refractivity contribution is 0.0968. The maximum atomic E-state index is 12.5. The molecule has 0 radical (unpaired) electrons. The molecule has 25 heavy (non-hydrogen) atoms. The van der Waals surface area contributed by atoms with E-state index < -0.39 is 17.7 Å². The molecule has 5 nitrogen and oxygen atoms in total. The molecule has 3 rings (SSSR count). The Hall–Kier alpha value is -2.63. The molecular formula is C18H11Cl2NO4. The molecule has 0 spiro atoms. The van der Waals surface area contributed by atoms with E-state index in [9.17, 15) is 14.4 Å². The zero-order valence-corrected chi connectivity index (χ0v) is 14.2. The highest BCUT2D eigenvalue weighted by Crippen LogP contribution is 2.27. The lowest BCUT2D eigenvalue weighted by atomic mass is 9.92. The average Bonchev–Trinajstić information content (AvgIpc) is 2.63. The Morgan fingerprint density at radius 3 is 2.20 bits per heavy atom. The lowest BCUT2D eigenvalue weighted by Crippen LogP contribution is -2.33. The van der Waals surface area contributed by atoms with Crippen LogP contribution < -0.4 is 5.32 Å². The number of halogens is 2. The molecule has 1 aliphatic rings. The van der Waals surface area contributed by atoms with Gasteiger partial charge in [0.1, 0.15) is 17.3 Å². The van der Waals surface area contributed by atoms with Gasteiger partial charge < -0.3 is 4.74 Å². The number of carbonyl (C=O) groups excluding carboxylic acids is 3. The largest absolute Gasteiger partial charge is 0.444 e. The first-order valence-corrected chi connectivity index (χ1v) is 8.00. The van der Waals surface area contributed by atoms with E-state index in [0.717, 1.165) is 0 Å². The van der Waals surface area contributed by atoms with Crippen LogP contribution in [0.2, 0.25) is 5.02 Å². The molecule has 2 aromatic rings. The maximum absolute atomic E-state index is 12.5. The average molecular weight is 376 g/mol. The predicted molar refractivity (Wildman–Crippen MR) is 92.8 cm³/mol. The highest BCUT2D eigenvalue weighted by atomic mass is 35.5. The summed E-state index contributed by atoms with van der Waals surface area (Å²) in [6.07, 6.45) is -0.909. The van der Waals surface area contributed by atoms with Crippen LogP contribution in [0.5, 0.6) is 0 Å². The number of hydrogen-bond acceptors (Lipinski definition) is 4. The van der Waals surface area contributed by atoms with Gasteiger partial charge in [0.2, 0.25) is 11.6 Å². The third-order valence-corrected chi connectivity index (χ3v) is 4.34. The minimum Gasteiger partial charge on any atom is -0.444 e. The fourth-order valence-electron chi connectivity index (χ4n) is 2.35. The smallest absolute Gasteiger partial charge is 0.412 e. The number of carbonyl (C=O) groups is 3. The zero-order chi connectivity index (χ0) is 18.0. The summed E-state index contributed by atoms with van der Waals surface area (Å²) in [5.41, 5.74) is 0.691. The van der Waals surface area contributed by atoms with Crippen molar-refractivity contribution in [2.75, 3.05) is 0 Å². The predicted octanol–water partition coefficient (Wildman–Crippen LogP) is 4.10. The van der Waals surface area contributed by atoms with Gasteiger partial charge in [0, 0.05) is 21.7 Å². The Labute approximate surface area is 153 Å². The number of benzene rings is 2. The number of alkyl carbamates (subject to hydrolysis) is 1. The minimum absolute atomic E-state index is 0.0882. The first-order valence-electron chi connectivity index (χ1n) is 7.24. The van der Waals surface area contributed by atoms with Crippen LogP contribution in [0.4, 0.5) is 4.79 Å². The highest BCUT2D eigenvalue weighted by molar-refractivity contribution is 6.50. The molecule has 0 atom stereocenters. The van der Waals surface area contributed by atoms with Gasteiger partial charge in [-0.05, 0) is 6.07 Å². The van der Waals surface area contributed by atoms with Crippen LogP contribution in [0.1, 0.15) is 26.3 Å². The second-order valence-corrected chi connectivity index (χ2v) is 5.97. The second-order valence-electron chi connectivity index (χ2n) is 5.19. The summed E-state index contributed by atoms with van der Waals surface area (Å²) in [6.45, 7) is -0.0882. The van der Waals surface area contributed by atoms with E-state index >= 15 is 0 Å². The number of Topliss-reactive ketones (excluding diaryl/α,β-unsaturated/α-hetero) is 2. The number of fused-ring (bicyclic) bond motifs is 1. The molecule has 0 saturated heterocycles. The molecule has 0 heterocycles. The van der Waals surface area contributed by atoms with Gasteiger partial charge in [0.25, 0.3) is 0 Å². The van der Waals surface area contributed by atoms with E-state index in [1.807, 2.05) is 0 Å². The Bertz CT molecular complexity index is 921. The molecule has 0 aromatic heterocycles. The van der Waals surface area contributed by atoms with Gasteiger partial charge in [-0.1, -0.05) is 65.7 Å². The Morgan fingerprint density at radius 1 is 0.920 bits per heavy atom. The van der Waals surface area contributed by atoms with Crippen LogP contribution in [0.15, 0.2) is 59.3 Å². The van der Waals surface area contributed by atoms with E-state index in [1.165, 1.54) is 12.1 Å². The first kappa shape index (κ1) is 17.2. The van der Waals surface area contributed by atoms with Crippen molar-refractivity contribution in [2.24, 2.45) is 0 Å². The van der Waals surface area contributed by atoms with E-state index in [4.69, 9.17) is 27.9 Å². The standard InChI is InChI=1S/C18H11Cl2NO4/c19-13-8-4-1-5-10(13)9-25-18(24)21-15-14(20)16(22)11-6-2-3-7-12(11)17(15)23/h1-8H,9H2,(H,21,24). The normalized spacial score (nSPS) is 13.5. The van der Waals surface area contributed by atoms with Crippen molar-refractivity contribution in [2.45, 2.75) is 6.61 Å². The molecule has 0 saturated carbocycles. The summed E-state index contributed by atoms with van der Waals surface area (Å²) in [7, 11) is 0. The number of rotatable bonds is 3. The maximum Gasteiger partial charge on any atom is 0.412 e. The van der Waals surface area contributed by atoms with Crippen LogP contribution in [-0.2, 0) is 11.3 Å². The van der Waals surface area contributed by atoms with Crippen LogP contribution >= 0.6 is 23.2 Å². The van der Waals surface area contributed by atoms with Crippen LogP contribution in [0.25, 0.3) is 0 Å². The summed E-state index contributed by atoms with van der Waals surface area (Å²) in [6, 6.07) is 13.1. The number of nitrogens with one attached hydrogen (secondary N) is 1. The lowest BCUT2D eigenvalue weighted by Gasteiger charge is -2.18. The molecule has 1 aliphatic carbocycles. The number of ether oxygens (including phenoxy) is 1. The van der Waals surface area contributed by atoms with Gasteiger partial charge in [-0.3, -0.25) is 14.9 Å². The van der Waals surface area contributed by atoms with Crippen LogP contribution in [0.3, 0.4) is 0 Å². The highest BCUT2D eigenvalue weighted by Gasteiger charge is 2.32. The van der Waals surface area contributed by atoms with Crippen molar-refractivity contribution >= 4 is 40.9 Å². The molecule has 2 aromatic carbocycles. The fourth-order valence-corrected chi connectivity index (χ4v) is 2.78. The zero-order valence-electron chi connectivity index (χ0n) is 12.7. The van der Waals surface area contributed by atoms with Crippen LogP contribution in [-0.4, -0.2) is 17.7 Å². The van der Waals surface area contributed by atoms with Gasteiger partial charge in [-0.25, -0.2) is 4.79 Å². The molecule has 0 aliphatic heterocycles. The quantitative estimate of drug-likeness (QED) is 0.876. The van der Waals surface area contributed by atoms with E-state index in [1.54, 1.807) is 36.4 Å². The van der Waals surface area contributed by atoms with Gasteiger partial charge in [0.15, 0.2) is 0 Å². The van der Waals surface area contributed by atoms with Gasteiger partial charge in [0.05, 0.1) is 0 Å². The molecule has 1 N–H and O–H groups in total. The Balaban J connectivity index is 1.75. The van der Waals surface area contributed by atoms with Gasteiger partial charge in [-0.2, -0.15) is 0 Å². The van der Waals surface area contributed by atoms with E-state index in [0.29, 0.717) is 10.6 Å². The Morgan fingerprint density at radius 2 is 1.52 bits per heavy atom. The monoisotopic (exact) mass is 375 g/mol. The van der Waals surface area contributed by atoms with Crippen molar-refractivity contribution < 1.29 is 19.1 Å². The SMILES string of the molecule is O=C(NC1=C(Cl)C(=O)c2ccccc2C1=O)OCc1ccccc1Cl. The third kappa shape index (κ3) is 3.43. The van der Waals surface area contributed by atoms with Gasteiger partial charge in [-0.15, -0.1) is 0 Å². The summed E-state index contributed by atoms with van der Waals surface area (Å²) < 4.78 is 5.04. The molecule has 0 unspecified atom stereocenters. The number of hydrogen-bond donors (Lipinski definition) is 1. The molecule has 7 heteroatoms. The van der Waals surface area contributed by atoms with Crippen LogP contribution in [0, 0.1) is 0 Å². The summed E-state index contributed by atoms with van der Waals surface area (Å²) >= 11 is 11.9. The van der Waals surface area contributed by atoms with Crippen molar-refractivity contribution in [3.63, 3.8) is 0 Å². The summed E-state index contributed by atoms with van der Waals surface area (Å²) in [5.74, 6) is -1.08. The van der Waals surface area contributed by atoms with E-state index in [2.05, 4.69) is 5.32 Å². The number of ketones is 2. The molecular weight excluding hydrogens is 365 g/mol. The first-order chi connectivity index (χ1) is 12.0. The number of amides is 1. The van der Waals surface area contributed by atoms with Crippen molar-refractivity contribution in [3.05, 3.63) is 81.0 Å². The van der Waals surface area contributed by atoms with Gasteiger partial charge >= 0.3 is 6.09 Å². The van der Waals surface area contributed by atoms with Crippen molar-refractivity contribution in [1.29, 1.82) is 0 Å². The third-order valence-electron chi connectivity index (χ3n) is 3.61. The topological polar surface area (TPSA) is 72.5 Å². The van der Waals surface area contributed by atoms with Crippen molar-refractivity contribution in [3.8, 4) is 0 Å². The fraction of sp³-hybridized carbons (Fsp3) is 0.0556. The second kappa shape index (κ2) is 7.09. The molecule has 1 amide bonds. The van der Waals surface area contributed by atoms with Crippen molar-refractivity contribution in [1.82, 2.24) is 5.32 Å². The number of allylic oxidation sites excluding steroid dienone is 2. The molecule has 0 bridgehead atoms. The Kier molecular flexibility index (Phi) is 4.88.